The summed E-state index contributed by atoms with van der Waals surface area (Å²) >= 11 is 0. The van der Waals surface area contributed by atoms with E-state index in [4.69, 9.17) is 0 Å². The lowest BCUT2D eigenvalue weighted by atomic mass is 9.86. The lowest BCUT2D eigenvalue weighted by molar-refractivity contribution is -0.141. The first kappa shape index (κ1) is 16.3. The first-order valence-electron chi connectivity index (χ1n) is 8.17. The fourth-order valence-electron chi connectivity index (χ4n) is 4.16. The summed E-state index contributed by atoms with van der Waals surface area (Å²) in [5.41, 5.74) is -0.642. The third-order valence-corrected chi connectivity index (χ3v) is 5.31. The van der Waals surface area contributed by atoms with Crippen molar-refractivity contribution in [1.82, 2.24) is 10.3 Å². The van der Waals surface area contributed by atoms with Gasteiger partial charge in [-0.3, -0.25) is 4.79 Å². The molecule has 126 valence electrons. The number of hydrogen-bond donors (Lipinski definition) is 1. The summed E-state index contributed by atoms with van der Waals surface area (Å²) in [4.78, 5) is 15.6. The number of fused-ring (bicyclic) bond motifs is 2. The molecule has 3 nitrogen and oxygen atoms in total. The van der Waals surface area contributed by atoms with E-state index in [1.807, 2.05) is 0 Å². The van der Waals surface area contributed by atoms with Crippen LogP contribution in [-0.2, 0) is 6.18 Å². The molecule has 1 heterocycles. The van der Waals surface area contributed by atoms with Crippen LogP contribution < -0.4 is 5.32 Å². The van der Waals surface area contributed by atoms with Gasteiger partial charge in [-0.05, 0) is 62.5 Å². The molecule has 0 radical (unpaired) electrons. The molecule has 2 aliphatic carbocycles. The lowest BCUT2D eigenvalue weighted by Crippen LogP contribution is -2.28. The molecule has 1 aromatic heterocycles. The van der Waals surface area contributed by atoms with Crippen LogP contribution in [0.25, 0.3) is 0 Å². The zero-order valence-corrected chi connectivity index (χ0v) is 13.1. The molecule has 2 aliphatic rings. The van der Waals surface area contributed by atoms with Gasteiger partial charge in [0.15, 0.2) is 0 Å². The lowest BCUT2D eigenvalue weighted by Gasteiger charge is -2.21. The first-order valence-corrected chi connectivity index (χ1v) is 8.17. The summed E-state index contributed by atoms with van der Waals surface area (Å²) in [6.07, 6.45) is 1.73. The molecule has 23 heavy (non-hydrogen) atoms. The van der Waals surface area contributed by atoms with Gasteiger partial charge >= 0.3 is 6.18 Å². The van der Waals surface area contributed by atoms with Crippen LogP contribution in [0.3, 0.4) is 0 Å². The molecule has 2 bridgehead atoms. The fourth-order valence-corrected chi connectivity index (χ4v) is 4.16. The van der Waals surface area contributed by atoms with Crippen molar-refractivity contribution < 1.29 is 18.0 Å². The molecule has 0 aliphatic heterocycles. The van der Waals surface area contributed by atoms with Crippen LogP contribution in [0.1, 0.15) is 53.8 Å². The van der Waals surface area contributed by atoms with Gasteiger partial charge in [0.05, 0.1) is 11.3 Å². The highest BCUT2D eigenvalue weighted by atomic mass is 19.4. The molecule has 3 rings (SSSR count). The molecule has 0 saturated heterocycles. The smallest absolute Gasteiger partial charge is 0.352 e. The number of halogens is 3. The minimum Gasteiger partial charge on any atom is -0.352 e. The van der Waals surface area contributed by atoms with Crippen molar-refractivity contribution in [1.29, 1.82) is 0 Å². The molecular formula is C17H21F3N2O. The standard InChI is InChI=1S/C17H21F3N2O/c1-10-14(4-5-15(22-10)17(18,19)20)16(23)21-7-6-13-9-11-2-3-12(13)8-11/h4-5,11-13H,2-3,6-9H2,1H3,(H,21,23)/t11-,12-,13-/m0/s1. The zero-order chi connectivity index (χ0) is 16.6. The van der Waals surface area contributed by atoms with Gasteiger partial charge in [-0.15, -0.1) is 0 Å². The number of pyridine rings is 1. The van der Waals surface area contributed by atoms with Crippen molar-refractivity contribution in [3.63, 3.8) is 0 Å². The SMILES string of the molecule is Cc1nc(C(F)(F)F)ccc1C(=O)NCC[C@H]1C[C@H]2CC[C@H]1C2. The third-order valence-electron chi connectivity index (χ3n) is 5.31. The zero-order valence-electron chi connectivity index (χ0n) is 13.1. The largest absolute Gasteiger partial charge is 0.433 e. The van der Waals surface area contributed by atoms with E-state index in [9.17, 15) is 18.0 Å². The van der Waals surface area contributed by atoms with Gasteiger partial charge in [-0.1, -0.05) is 6.42 Å². The van der Waals surface area contributed by atoms with Gasteiger partial charge in [0.25, 0.3) is 5.91 Å². The predicted octanol–water partition coefficient (Wildman–Crippen LogP) is 3.96. The van der Waals surface area contributed by atoms with Crippen LogP contribution in [-0.4, -0.2) is 17.4 Å². The van der Waals surface area contributed by atoms with Gasteiger partial charge in [0, 0.05) is 6.54 Å². The highest BCUT2D eigenvalue weighted by molar-refractivity contribution is 5.95. The highest BCUT2D eigenvalue weighted by Gasteiger charge is 2.39. The Morgan fingerprint density at radius 2 is 2.09 bits per heavy atom. The topological polar surface area (TPSA) is 42.0 Å². The Hall–Kier alpha value is -1.59. The summed E-state index contributed by atoms with van der Waals surface area (Å²) in [7, 11) is 0. The maximum Gasteiger partial charge on any atom is 0.433 e. The Balaban J connectivity index is 1.54. The minimum atomic E-state index is -4.48. The van der Waals surface area contributed by atoms with Crippen LogP contribution in [0, 0.1) is 24.7 Å². The van der Waals surface area contributed by atoms with Crippen molar-refractivity contribution >= 4 is 5.91 Å². The van der Waals surface area contributed by atoms with Crippen molar-refractivity contribution in [2.75, 3.05) is 6.54 Å². The van der Waals surface area contributed by atoms with E-state index in [-0.39, 0.29) is 17.2 Å². The molecule has 1 aromatic rings. The molecule has 0 unspecified atom stereocenters. The number of nitrogens with zero attached hydrogens (tertiary/aromatic N) is 1. The Labute approximate surface area is 133 Å². The monoisotopic (exact) mass is 326 g/mol. The fraction of sp³-hybridized carbons (Fsp3) is 0.647. The maximum absolute atomic E-state index is 12.6. The van der Waals surface area contributed by atoms with E-state index in [1.165, 1.54) is 38.7 Å². The number of aromatic nitrogens is 1. The Kier molecular flexibility index (Phi) is 4.34. The summed E-state index contributed by atoms with van der Waals surface area (Å²) < 4.78 is 37.8. The second-order valence-corrected chi connectivity index (χ2v) is 6.81. The molecule has 6 heteroatoms. The Bertz CT molecular complexity index is 600. The first-order chi connectivity index (χ1) is 10.8. The number of carbonyl (C=O) groups is 1. The molecular weight excluding hydrogens is 305 g/mol. The van der Waals surface area contributed by atoms with Crippen molar-refractivity contribution in [3.05, 3.63) is 29.1 Å². The highest BCUT2D eigenvalue weighted by Crippen LogP contribution is 2.49. The van der Waals surface area contributed by atoms with E-state index in [0.29, 0.717) is 12.5 Å². The summed E-state index contributed by atoms with van der Waals surface area (Å²) in [6, 6.07) is 2.07. The van der Waals surface area contributed by atoms with Crippen LogP contribution in [0.15, 0.2) is 12.1 Å². The number of carbonyl (C=O) groups excluding carboxylic acids is 1. The molecule has 0 aromatic carbocycles. The van der Waals surface area contributed by atoms with Gasteiger partial charge in [0.2, 0.25) is 0 Å². The minimum absolute atomic E-state index is 0.109. The average molecular weight is 326 g/mol. The van der Waals surface area contributed by atoms with Crippen LogP contribution in [0.2, 0.25) is 0 Å². The van der Waals surface area contributed by atoms with Crippen LogP contribution in [0.5, 0.6) is 0 Å². The van der Waals surface area contributed by atoms with E-state index >= 15 is 0 Å². The normalized spacial score (nSPS) is 26.5. The van der Waals surface area contributed by atoms with Crippen LogP contribution in [0.4, 0.5) is 13.2 Å². The third kappa shape index (κ3) is 3.51. The molecule has 0 spiro atoms. The number of alkyl halides is 3. The number of rotatable bonds is 4. The number of aryl methyl sites for hydroxylation is 1. The molecule has 2 fully saturated rings. The van der Waals surface area contributed by atoms with E-state index < -0.39 is 11.9 Å². The molecule has 3 atom stereocenters. The van der Waals surface area contributed by atoms with Crippen LogP contribution >= 0.6 is 0 Å². The van der Waals surface area contributed by atoms with E-state index in [0.717, 1.165) is 24.3 Å². The number of hydrogen-bond acceptors (Lipinski definition) is 2. The summed E-state index contributed by atoms with van der Waals surface area (Å²) in [5, 5.41) is 2.82. The molecule has 1 amide bonds. The second-order valence-electron chi connectivity index (χ2n) is 6.81. The second kappa shape index (κ2) is 6.13. The van der Waals surface area contributed by atoms with Crippen molar-refractivity contribution in [2.45, 2.75) is 45.2 Å². The van der Waals surface area contributed by atoms with E-state index in [1.54, 1.807) is 0 Å². The predicted molar refractivity (Wildman–Crippen MR) is 79.9 cm³/mol. The van der Waals surface area contributed by atoms with Crippen molar-refractivity contribution in [2.24, 2.45) is 17.8 Å². The molecule has 2 saturated carbocycles. The van der Waals surface area contributed by atoms with Gasteiger partial charge in [-0.25, -0.2) is 4.98 Å². The number of amides is 1. The van der Waals surface area contributed by atoms with Crippen molar-refractivity contribution in [3.8, 4) is 0 Å². The van der Waals surface area contributed by atoms with E-state index in [2.05, 4.69) is 10.3 Å². The maximum atomic E-state index is 12.6. The van der Waals surface area contributed by atoms with Gasteiger partial charge in [-0.2, -0.15) is 13.2 Å². The number of nitrogens with one attached hydrogen (secondary N) is 1. The summed E-state index contributed by atoms with van der Waals surface area (Å²) in [6.45, 7) is 2.01. The Morgan fingerprint density at radius 3 is 2.65 bits per heavy atom. The molecule has 1 N–H and O–H groups in total. The average Bonchev–Trinajstić information content (AvgIpc) is 3.08. The quantitative estimate of drug-likeness (QED) is 0.910. The van der Waals surface area contributed by atoms with Gasteiger partial charge < -0.3 is 5.32 Å². The Morgan fingerprint density at radius 1 is 1.30 bits per heavy atom. The van der Waals surface area contributed by atoms with Gasteiger partial charge in [0.1, 0.15) is 5.69 Å². The summed E-state index contributed by atoms with van der Waals surface area (Å²) in [5.74, 6) is 2.04.